The number of rotatable bonds is 2. The van der Waals surface area contributed by atoms with Crippen molar-refractivity contribution in [1.29, 1.82) is 0 Å². The van der Waals surface area contributed by atoms with Crippen LogP contribution in [0.25, 0.3) is 0 Å². The van der Waals surface area contributed by atoms with Gasteiger partial charge in [0.1, 0.15) is 5.69 Å². The van der Waals surface area contributed by atoms with Gasteiger partial charge in [-0.2, -0.15) is 0 Å². The molecule has 1 aromatic rings. The predicted octanol–water partition coefficient (Wildman–Crippen LogP) is 0.717. The van der Waals surface area contributed by atoms with Gasteiger partial charge >= 0.3 is 5.97 Å². The van der Waals surface area contributed by atoms with Crippen molar-refractivity contribution in [3.05, 3.63) is 23.0 Å². The number of hydrogen-bond donors (Lipinski definition) is 1. The maximum Gasteiger partial charge on any atom is 0.339 e. The molecule has 1 amide bonds. The summed E-state index contributed by atoms with van der Waals surface area (Å²) in [5.41, 5.74) is 1.81. The van der Waals surface area contributed by atoms with Gasteiger partial charge in [-0.1, -0.05) is 0 Å². The first-order valence-corrected chi connectivity index (χ1v) is 5.30. The zero-order valence-electron chi connectivity index (χ0n) is 9.37. The van der Waals surface area contributed by atoms with E-state index in [4.69, 9.17) is 4.74 Å². The molecule has 0 aliphatic carbocycles. The van der Waals surface area contributed by atoms with Crippen LogP contribution in [0.5, 0.6) is 0 Å². The molecular formula is C11H14N2O3. The summed E-state index contributed by atoms with van der Waals surface area (Å²) in [5.74, 6) is -0.500. The van der Waals surface area contributed by atoms with Crippen LogP contribution in [0.15, 0.2) is 6.07 Å². The highest BCUT2D eigenvalue weighted by molar-refractivity contribution is 5.98. The molecule has 0 spiro atoms. The molecule has 16 heavy (non-hydrogen) atoms. The van der Waals surface area contributed by atoms with Gasteiger partial charge in [0.2, 0.25) is 0 Å². The van der Waals surface area contributed by atoms with Gasteiger partial charge in [-0.25, -0.2) is 4.79 Å². The summed E-state index contributed by atoms with van der Waals surface area (Å²) in [5, 5.41) is 2.74. The van der Waals surface area contributed by atoms with Gasteiger partial charge in [0.25, 0.3) is 5.91 Å². The second-order valence-electron chi connectivity index (χ2n) is 3.66. The molecule has 2 heterocycles. The Balaban J connectivity index is 2.42. The molecule has 0 saturated carbocycles. The molecule has 0 aromatic carbocycles. The summed E-state index contributed by atoms with van der Waals surface area (Å²) in [4.78, 5) is 23.2. The molecule has 1 N–H and O–H groups in total. The third-order valence-corrected chi connectivity index (χ3v) is 2.72. The quantitative estimate of drug-likeness (QED) is 0.750. The molecule has 0 radical (unpaired) electrons. The first-order chi connectivity index (χ1) is 7.65. The van der Waals surface area contributed by atoms with E-state index in [0.717, 1.165) is 5.69 Å². The van der Waals surface area contributed by atoms with E-state index in [1.54, 1.807) is 13.0 Å². The van der Waals surface area contributed by atoms with Crippen LogP contribution in [0, 0.1) is 6.92 Å². The van der Waals surface area contributed by atoms with Crippen molar-refractivity contribution in [2.45, 2.75) is 20.4 Å². The zero-order valence-corrected chi connectivity index (χ0v) is 9.37. The van der Waals surface area contributed by atoms with E-state index in [2.05, 4.69) is 5.32 Å². The Labute approximate surface area is 93.4 Å². The molecule has 1 aliphatic heterocycles. The van der Waals surface area contributed by atoms with Crippen molar-refractivity contribution >= 4 is 11.9 Å². The van der Waals surface area contributed by atoms with Crippen molar-refractivity contribution in [1.82, 2.24) is 9.88 Å². The molecular weight excluding hydrogens is 208 g/mol. The monoisotopic (exact) mass is 222 g/mol. The average molecular weight is 222 g/mol. The number of nitrogens with zero attached hydrogens (tertiary/aromatic N) is 1. The second kappa shape index (κ2) is 4.00. The fourth-order valence-corrected chi connectivity index (χ4v) is 1.91. The van der Waals surface area contributed by atoms with Crippen molar-refractivity contribution in [3.63, 3.8) is 0 Å². The van der Waals surface area contributed by atoms with Crippen molar-refractivity contribution in [2.24, 2.45) is 0 Å². The first-order valence-electron chi connectivity index (χ1n) is 5.30. The molecule has 2 rings (SSSR count). The van der Waals surface area contributed by atoms with Crippen LogP contribution in [-0.4, -0.2) is 29.6 Å². The minimum atomic E-state index is -0.366. The van der Waals surface area contributed by atoms with E-state index in [-0.39, 0.29) is 11.9 Å². The SMILES string of the molecule is CCOC(=O)c1cc2n(c1C)CCNC2=O. The highest BCUT2D eigenvalue weighted by Gasteiger charge is 2.24. The third kappa shape index (κ3) is 1.58. The van der Waals surface area contributed by atoms with Gasteiger partial charge < -0.3 is 14.6 Å². The maximum absolute atomic E-state index is 11.6. The lowest BCUT2D eigenvalue weighted by Gasteiger charge is -2.17. The number of carbonyl (C=O) groups is 2. The number of ether oxygens (including phenoxy) is 1. The van der Waals surface area contributed by atoms with E-state index in [1.807, 2.05) is 11.5 Å². The Morgan fingerprint density at radius 1 is 1.62 bits per heavy atom. The summed E-state index contributed by atoms with van der Waals surface area (Å²) < 4.78 is 6.79. The van der Waals surface area contributed by atoms with E-state index in [1.165, 1.54) is 0 Å². The molecule has 5 nitrogen and oxygen atoms in total. The van der Waals surface area contributed by atoms with Crippen LogP contribution in [0.1, 0.15) is 33.5 Å². The lowest BCUT2D eigenvalue weighted by molar-refractivity contribution is 0.0525. The van der Waals surface area contributed by atoms with Crippen LogP contribution in [0.3, 0.4) is 0 Å². The number of aromatic nitrogens is 1. The standard InChI is InChI=1S/C11H14N2O3/c1-3-16-11(15)8-6-9-10(14)12-4-5-13(9)7(8)2/h6H,3-5H2,1-2H3,(H,12,14). The fourth-order valence-electron chi connectivity index (χ4n) is 1.91. The number of carbonyl (C=O) groups excluding carboxylic acids is 2. The number of nitrogens with one attached hydrogen (secondary N) is 1. The minimum Gasteiger partial charge on any atom is -0.462 e. The van der Waals surface area contributed by atoms with Crippen LogP contribution in [-0.2, 0) is 11.3 Å². The molecule has 1 aliphatic rings. The van der Waals surface area contributed by atoms with Gasteiger partial charge in [0.15, 0.2) is 0 Å². The Hall–Kier alpha value is -1.78. The van der Waals surface area contributed by atoms with Gasteiger partial charge in [0.05, 0.1) is 12.2 Å². The van der Waals surface area contributed by atoms with Gasteiger partial charge in [-0.3, -0.25) is 4.79 Å². The van der Waals surface area contributed by atoms with Gasteiger partial charge in [-0.15, -0.1) is 0 Å². The minimum absolute atomic E-state index is 0.134. The van der Waals surface area contributed by atoms with E-state index in [9.17, 15) is 9.59 Å². The highest BCUT2D eigenvalue weighted by Crippen LogP contribution is 2.18. The molecule has 0 atom stereocenters. The van der Waals surface area contributed by atoms with E-state index >= 15 is 0 Å². The topological polar surface area (TPSA) is 60.3 Å². The van der Waals surface area contributed by atoms with Crippen molar-refractivity contribution in [3.8, 4) is 0 Å². The summed E-state index contributed by atoms with van der Waals surface area (Å²) in [6.07, 6.45) is 0. The molecule has 0 saturated heterocycles. The summed E-state index contributed by atoms with van der Waals surface area (Å²) in [6.45, 7) is 5.23. The second-order valence-corrected chi connectivity index (χ2v) is 3.66. The van der Waals surface area contributed by atoms with E-state index < -0.39 is 0 Å². The van der Waals surface area contributed by atoms with Crippen molar-refractivity contribution in [2.75, 3.05) is 13.2 Å². The Morgan fingerprint density at radius 3 is 3.00 bits per heavy atom. The predicted molar refractivity (Wildman–Crippen MR) is 57.5 cm³/mol. The lowest BCUT2D eigenvalue weighted by atomic mass is 10.2. The molecule has 86 valence electrons. The van der Waals surface area contributed by atoms with Crippen LogP contribution >= 0.6 is 0 Å². The van der Waals surface area contributed by atoms with Gasteiger partial charge in [0, 0.05) is 18.8 Å². The molecule has 0 bridgehead atoms. The largest absolute Gasteiger partial charge is 0.462 e. The number of fused-ring (bicyclic) bond motifs is 1. The van der Waals surface area contributed by atoms with E-state index in [0.29, 0.717) is 31.0 Å². The summed E-state index contributed by atoms with van der Waals surface area (Å²) in [6, 6.07) is 1.60. The first kappa shape index (κ1) is 10.7. The van der Waals surface area contributed by atoms with Crippen LogP contribution < -0.4 is 5.32 Å². The Bertz CT molecular complexity index is 448. The third-order valence-electron chi connectivity index (χ3n) is 2.72. The van der Waals surface area contributed by atoms with Crippen molar-refractivity contribution < 1.29 is 14.3 Å². The highest BCUT2D eigenvalue weighted by atomic mass is 16.5. The number of amides is 1. The maximum atomic E-state index is 11.6. The average Bonchev–Trinajstić information content (AvgIpc) is 2.59. The van der Waals surface area contributed by atoms with Crippen LogP contribution in [0.4, 0.5) is 0 Å². The number of hydrogen-bond acceptors (Lipinski definition) is 3. The summed E-state index contributed by atoms with van der Waals surface area (Å²) in [7, 11) is 0. The Kier molecular flexibility index (Phi) is 2.68. The normalized spacial score (nSPS) is 14.2. The van der Waals surface area contributed by atoms with Crippen LogP contribution in [0.2, 0.25) is 0 Å². The fraction of sp³-hybridized carbons (Fsp3) is 0.455. The number of esters is 1. The zero-order chi connectivity index (χ0) is 11.7. The summed E-state index contributed by atoms with van der Waals surface area (Å²) >= 11 is 0. The molecule has 1 aromatic heterocycles. The lowest BCUT2D eigenvalue weighted by Crippen LogP contribution is -2.35. The molecule has 0 unspecified atom stereocenters. The smallest absolute Gasteiger partial charge is 0.339 e. The van der Waals surface area contributed by atoms with Gasteiger partial charge in [-0.05, 0) is 19.9 Å². The molecule has 0 fully saturated rings. The Morgan fingerprint density at radius 2 is 2.38 bits per heavy atom. The molecule has 5 heteroatoms.